The summed E-state index contributed by atoms with van der Waals surface area (Å²) < 4.78 is 0. The fourth-order valence-corrected chi connectivity index (χ4v) is 1.87. The molecule has 0 bridgehead atoms. The average molecular weight is 282 g/mol. The van der Waals surface area contributed by atoms with Gasteiger partial charge in [0.2, 0.25) is 0 Å². The van der Waals surface area contributed by atoms with Gasteiger partial charge in [-0.1, -0.05) is 25.6 Å². The van der Waals surface area contributed by atoms with Crippen LogP contribution in [0.1, 0.15) is 31.6 Å². The lowest BCUT2D eigenvalue weighted by atomic mass is 10.1. The maximum atomic E-state index is 11.2. The number of nitrogens with zero attached hydrogens (tertiary/aromatic N) is 2. The van der Waals surface area contributed by atoms with Gasteiger partial charge in [0.1, 0.15) is 0 Å². The van der Waals surface area contributed by atoms with Gasteiger partial charge < -0.3 is 4.90 Å². The topological polar surface area (TPSA) is 32.7 Å². The lowest BCUT2D eigenvalue weighted by Crippen LogP contribution is -2.19. The third-order valence-electron chi connectivity index (χ3n) is 3.05. The smallest absolute Gasteiger partial charge is 0.159 e. The van der Waals surface area contributed by atoms with E-state index in [1.165, 1.54) is 0 Å². The van der Waals surface area contributed by atoms with Crippen LogP contribution in [0.3, 0.4) is 0 Å². The van der Waals surface area contributed by atoms with Gasteiger partial charge in [-0.15, -0.1) is 0 Å². The standard InChI is InChI=1S/C17H18N2O.CH4/c1-3-19(17-7-5-4-6-8-17)13-18-16-11-9-15(10-12-16)14(2)20;/h4-13H,3H2,1-2H3;1H4. The second-order valence-electron chi connectivity index (χ2n) is 4.47. The van der Waals surface area contributed by atoms with Crippen molar-refractivity contribution in [2.45, 2.75) is 21.3 Å². The molecule has 0 aromatic heterocycles. The van der Waals surface area contributed by atoms with E-state index in [1.807, 2.05) is 48.8 Å². The zero-order valence-electron chi connectivity index (χ0n) is 11.8. The number of hydrogen-bond donors (Lipinski definition) is 0. The molecule has 110 valence electrons. The number of hydrogen-bond acceptors (Lipinski definition) is 2. The van der Waals surface area contributed by atoms with Crippen LogP contribution >= 0.6 is 0 Å². The van der Waals surface area contributed by atoms with Gasteiger partial charge in [-0.05, 0) is 50.2 Å². The molecule has 2 aromatic rings. The first-order chi connectivity index (χ1) is 9.70. The third kappa shape index (κ3) is 4.56. The number of rotatable bonds is 5. The lowest BCUT2D eigenvalue weighted by Gasteiger charge is -2.16. The van der Waals surface area contributed by atoms with Crippen molar-refractivity contribution in [3.05, 3.63) is 60.2 Å². The second kappa shape index (κ2) is 8.00. The van der Waals surface area contributed by atoms with Crippen molar-refractivity contribution in [3.63, 3.8) is 0 Å². The van der Waals surface area contributed by atoms with Gasteiger partial charge in [-0.3, -0.25) is 4.79 Å². The summed E-state index contributed by atoms with van der Waals surface area (Å²) in [4.78, 5) is 17.7. The van der Waals surface area contributed by atoms with Crippen LogP contribution in [-0.4, -0.2) is 18.7 Å². The molecule has 0 radical (unpaired) electrons. The molecule has 0 amide bonds. The predicted octanol–water partition coefficient (Wildman–Crippen LogP) is 4.71. The molecule has 0 aliphatic rings. The van der Waals surface area contributed by atoms with Crippen LogP contribution in [0.4, 0.5) is 11.4 Å². The number of carbonyl (C=O) groups excluding carboxylic acids is 1. The summed E-state index contributed by atoms with van der Waals surface area (Å²) in [6, 6.07) is 17.4. The van der Waals surface area contributed by atoms with E-state index >= 15 is 0 Å². The Morgan fingerprint density at radius 3 is 2.24 bits per heavy atom. The number of benzene rings is 2. The average Bonchev–Trinajstić information content (AvgIpc) is 2.49. The van der Waals surface area contributed by atoms with Crippen molar-refractivity contribution in [1.82, 2.24) is 0 Å². The van der Waals surface area contributed by atoms with Crippen LogP contribution < -0.4 is 4.90 Å². The summed E-state index contributed by atoms with van der Waals surface area (Å²) in [6.45, 7) is 4.49. The molecule has 0 aliphatic carbocycles. The number of Topliss-reactive ketones (excluding diaryl/α,β-unsaturated/α-hetero) is 1. The fourth-order valence-electron chi connectivity index (χ4n) is 1.87. The molecule has 0 heterocycles. The molecular weight excluding hydrogens is 260 g/mol. The highest BCUT2D eigenvalue weighted by atomic mass is 16.1. The Balaban J connectivity index is 0.00000220. The molecular formula is C18H22N2O. The zero-order chi connectivity index (χ0) is 14.4. The van der Waals surface area contributed by atoms with E-state index in [0.29, 0.717) is 5.56 Å². The number of anilines is 1. The van der Waals surface area contributed by atoms with Crippen LogP contribution in [0.2, 0.25) is 0 Å². The van der Waals surface area contributed by atoms with Crippen LogP contribution in [0, 0.1) is 0 Å². The van der Waals surface area contributed by atoms with E-state index in [1.54, 1.807) is 19.1 Å². The first-order valence-electron chi connectivity index (χ1n) is 6.67. The minimum absolute atomic E-state index is 0. The van der Waals surface area contributed by atoms with Gasteiger partial charge in [0.15, 0.2) is 5.78 Å². The zero-order valence-corrected chi connectivity index (χ0v) is 11.8. The van der Waals surface area contributed by atoms with Crippen LogP contribution in [0.15, 0.2) is 59.6 Å². The summed E-state index contributed by atoms with van der Waals surface area (Å²) in [5, 5.41) is 0. The van der Waals surface area contributed by atoms with E-state index < -0.39 is 0 Å². The molecule has 3 heteroatoms. The Morgan fingerprint density at radius 2 is 1.71 bits per heavy atom. The predicted molar refractivity (Wildman–Crippen MR) is 90.8 cm³/mol. The quantitative estimate of drug-likeness (QED) is 0.452. The Hall–Kier alpha value is -2.42. The van der Waals surface area contributed by atoms with Crippen molar-refractivity contribution in [2.75, 3.05) is 11.4 Å². The van der Waals surface area contributed by atoms with E-state index in [0.717, 1.165) is 17.9 Å². The lowest BCUT2D eigenvalue weighted by molar-refractivity contribution is 0.101. The first-order valence-corrected chi connectivity index (χ1v) is 6.67. The summed E-state index contributed by atoms with van der Waals surface area (Å²) in [5.41, 5.74) is 2.66. The Labute approximate surface area is 127 Å². The van der Waals surface area contributed by atoms with Gasteiger partial charge in [0, 0.05) is 17.8 Å². The molecule has 0 spiro atoms. The monoisotopic (exact) mass is 282 g/mol. The van der Waals surface area contributed by atoms with E-state index in [-0.39, 0.29) is 13.2 Å². The first kappa shape index (κ1) is 16.6. The van der Waals surface area contributed by atoms with Crippen molar-refractivity contribution >= 4 is 23.5 Å². The largest absolute Gasteiger partial charge is 0.333 e. The van der Waals surface area contributed by atoms with Gasteiger partial charge in [-0.2, -0.15) is 0 Å². The van der Waals surface area contributed by atoms with Crippen molar-refractivity contribution < 1.29 is 4.79 Å². The van der Waals surface area contributed by atoms with E-state index in [9.17, 15) is 4.79 Å². The molecule has 3 nitrogen and oxygen atoms in total. The normalized spacial score (nSPS) is 10.2. The highest BCUT2D eigenvalue weighted by Crippen LogP contribution is 2.15. The van der Waals surface area contributed by atoms with Crippen LogP contribution in [0.25, 0.3) is 0 Å². The molecule has 2 rings (SSSR count). The molecule has 0 aliphatic heterocycles. The van der Waals surface area contributed by atoms with Gasteiger partial charge in [-0.25, -0.2) is 4.99 Å². The van der Waals surface area contributed by atoms with Crippen molar-refractivity contribution in [3.8, 4) is 0 Å². The highest BCUT2D eigenvalue weighted by Gasteiger charge is 2.00. The number of carbonyl (C=O) groups is 1. The van der Waals surface area contributed by atoms with Crippen LogP contribution in [-0.2, 0) is 0 Å². The van der Waals surface area contributed by atoms with Gasteiger partial charge in [0.05, 0.1) is 12.0 Å². The minimum atomic E-state index is 0. The number of ketones is 1. The molecule has 2 aromatic carbocycles. The number of aliphatic imine (C=N–C) groups is 1. The maximum absolute atomic E-state index is 11.2. The summed E-state index contributed by atoms with van der Waals surface area (Å²) in [5.74, 6) is 0.0694. The molecule has 0 saturated carbocycles. The van der Waals surface area contributed by atoms with Gasteiger partial charge >= 0.3 is 0 Å². The maximum Gasteiger partial charge on any atom is 0.159 e. The second-order valence-corrected chi connectivity index (χ2v) is 4.47. The molecule has 0 N–H and O–H groups in total. The summed E-state index contributed by atoms with van der Waals surface area (Å²) in [7, 11) is 0. The SMILES string of the molecule is C.CCN(C=Nc1ccc(C(C)=O)cc1)c1ccccc1. The summed E-state index contributed by atoms with van der Waals surface area (Å²) >= 11 is 0. The summed E-state index contributed by atoms with van der Waals surface area (Å²) in [6.07, 6.45) is 1.82. The third-order valence-corrected chi connectivity index (χ3v) is 3.05. The fraction of sp³-hybridized carbons (Fsp3) is 0.222. The van der Waals surface area contributed by atoms with E-state index in [2.05, 4.69) is 16.8 Å². The van der Waals surface area contributed by atoms with Gasteiger partial charge in [0.25, 0.3) is 0 Å². The molecule has 0 fully saturated rings. The van der Waals surface area contributed by atoms with Crippen LogP contribution in [0.5, 0.6) is 0 Å². The number of para-hydroxylation sites is 1. The molecule has 0 atom stereocenters. The molecule has 0 unspecified atom stereocenters. The molecule has 21 heavy (non-hydrogen) atoms. The van der Waals surface area contributed by atoms with Crippen molar-refractivity contribution in [1.29, 1.82) is 0 Å². The molecule has 0 saturated heterocycles. The van der Waals surface area contributed by atoms with E-state index in [4.69, 9.17) is 0 Å². The Morgan fingerprint density at radius 1 is 1.10 bits per heavy atom. The highest BCUT2D eigenvalue weighted by molar-refractivity contribution is 5.94. The Bertz CT molecular complexity index is 588. The Kier molecular flexibility index (Phi) is 6.34. The van der Waals surface area contributed by atoms with Crippen molar-refractivity contribution in [2.24, 2.45) is 4.99 Å². The minimum Gasteiger partial charge on any atom is -0.333 e.